The van der Waals surface area contributed by atoms with Crippen LogP contribution in [0.25, 0.3) is 0 Å². The third-order valence-electron chi connectivity index (χ3n) is 4.49. The summed E-state index contributed by atoms with van der Waals surface area (Å²) in [5.41, 5.74) is 1.88. The first-order chi connectivity index (χ1) is 13.1. The average molecular weight is 365 g/mol. The molecule has 2 aromatic carbocycles. The highest BCUT2D eigenvalue weighted by atomic mass is 16.5. The van der Waals surface area contributed by atoms with Gasteiger partial charge in [-0.2, -0.15) is 0 Å². The third kappa shape index (κ3) is 3.92. The quantitative estimate of drug-likeness (QED) is 0.852. The Kier molecular flexibility index (Phi) is 4.50. The van der Waals surface area contributed by atoms with Crippen molar-refractivity contribution in [2.24, 2.45) is 5.92 Å². The van der Waals surface area contributed by atoms with Gasteiger partial charge in [0, 0.05) is 17.3 Å². The number of hydrogen-bond acceptors (Lipinski definition) is 4. The molecule has 0 saturated heterocycles. The highest BCUT2D eigenvalue weighted by molar-refractivity contribution is 6.05. The van der Waals surface area contributed by atoms with Gasteiger partial charge >= 0.3 is 0 Å². The molecule has 0 unspecified atom stereocenters. The molecular formula is C20H19N3O4. The molecule has 27 heavy (non-hydrogen) atoms. The minimum atomic E-state index is -0.310. The van der Waals surface area contributed by atoms with E-state index in [1.165, 1.54) is 4.90 Å². The third-order valence-corrected chi connectivity index (χ3v) is 4.49. The molecule has 2 aromatic rings. The summed E-state index contributed by atoms with van der Waals surface area (Å²) in [4.78, 5) is 37.7. The van der Waals surface area contributed by atoms with E-state index in [2.05, 4.69) is 10.6 Å². The number of hydrogen-bond donors (Lipinski definition) is 2. The Labute approximate surface area is 156 Å². The number of nitrogens with zero attached hydrogens (tertiary/aromatic N) is 1. The average Bonchev–Trinajstić information content (AvgIpc) is 3.51. The van der Waals surface area contributed by atoms with Crippen molar-refractivity contribution in [1.29, 1.82) is 0 Å². The van der Waals surface area contributed by atoms with Crippen molar-refractivity contribution in [3.05, 3.63) is 48.5 Å². The van der Waals surface area contributed by atoms with E-state index in [-0.39, 0.29) is 36.8 Å². The fraction of sp³-hybridized carbons (Fsp3) is 0.250. The van der Waals surface area contributed by atoms with Crippen LogP contribution in [0, 0.1) is 5.92 Å². The highest BCUT2D eigenvalue weighted by Gasteiger charge is 2.29. The van der Waals surface area contributed by atoms with Crippen LogP contribution >= 0.6 is 0 Å². The van der Waals surface area contributed by atoms with Gasteiger partial charge in [-0.25, -0.2) is 0 Å². The van der Waals surface area contributed by atoms with Gasteiger partial charge < -0.3 is 15.4 Å². The number of benzene rings is 2. The normalized spacial score (nSPS) is 15.6. The lowest BCUT2D eigenvalue weighted by molar-refractivity contribution is -0.123. The first kappa shape index (κ1) is 17.1. The topological polar surface area (TPSA) is 87.7 Å². The van der Waals surface area contributed by atoms with Crippen LogP contribution in [-0.4, -0.2) is 30.9 Å². The van der Waals surface area contributed by atoms with Crippen LogP contribution in [0.1, 0.15) is 12.8 Å². The Hall–Kier alpha value is -3.35. The summed E-state index contributed by atoms with van der Waals surface area (Å²) in [6.45, 7) is -0.181. The Balaban J connectivity index is 1.38. The number of carbonyl (C=O) groups is 3. The lowest BCUT2D eigenvalue weighted by atomic mass is 10.2. The van der Waals surface area contributed by atoms with E-state index < -0.39 is 0 Å². The van der Waals surface area contributed by atoms with Crippen LogP contribution in [-0.2, 0) is 14.4 Å². The number of anilines is 3. The zero-order valence-corrected chi connectivity index (χ0v) is 14.6. The number of amides is 3. The minimum Gasteiger partial charge on any atom is -0.482 e. The van der Waals surface area contributed by atoms with Crippen molar-refractivity contribution in [2.75, 3.05) is 28.7 Å². The van der Waals surface area contributed by atoms with Crippen molar-refractivity contribution in [3.8, 4) is 5.75 Å². The summed E-state index contributed by atoms with van der Waals surface area (Å²) in [7, 11) is 0. The van der Waals surface area contributed by atoms with Crippen molar-refractivity contribution >= 4 is 34.8 Å². The van der Waals surface area contributed by atoms with E-state index in [1.54, 1.807) is 42.5 Å². The second-order valence-corrected chi connectivity index (χ2v) is 6.63. The molecule has 0 spiro atoms. The van der Waals surface area contributed by atoms with E-state index in [4.69, 9.17) is 4.74 Å². The predicted molar refractivity (Wildman–Crippen MR) is 101 cm³/mol. The number of nitrogens with one attached hydrogen (secondary N) is 2. The Morgan fingerprint density at radius 3 is 2.37 bits per heavy atom. The summed E-state index contributed by atoms with van der Waals surface area (Å²) < 4.78 is 5.37. The number of ether oxygens (including phenoxy) is 1. The molecule has 4 rings (SSSR count). The van der Waals surface area contributed by atoms with Gasteiger partial charge in [-0.3, -0.25) is 19.3 Å². The fourth-order valence-corrected chi connectivity index (χ4v) is 2.90. The maximum Gasteiger partial charge on any atom is 0.265 e. The van der Waals surface area contributed by atoms with Gasteiger partial charge in [-0.15, -0.1) is 0 Å². The summed E-state index contributed by atoms with van der Waals surface area (Å²) in [5.74, 6) is 0.187. The smallest absolute Gasteiger partial charge is 0.265 e. The summed E-state index contributed by atoms with van der Waals surface area (Å²) in [6.07, 6.45) is 1.90. The summed E-state index contributed by atoms with van der Waals surface area (Å²) >= 11 is 0. The molecule has 0 radical (unpaired) electrons. The number of fused-ring (bicyclic) bond motifs is 1. The number of rotatable bonds is 5. The van der Waals surface area contributed by atoms with Crippen LogP contribution in [0.15, 0.2) is 48.5 Å². The molecule has 0 bridgehead atoms. The van der Waals surface area contributed by atoms with Gasteiger partial charge in [0.25, 0.3) is 5.91 Å². The number of para-hydroxylation sites is 2. The molecule has 1 heterocycles. The molecule has 3 amide bonds. The lowest BCUT2D eigenvalue weighted by Crippen LogP contribution is -2.43. The van der Waals surface area contributed by atoms with Gasteiger partial charge in [0.2, 0.25) is 11.8 Å². The SMILES string of the molecule is O=C(CN1C(=O)COc2ccccc21)Nc1ccc(NC(=O)C2CC2)cc1. The fourth-order valence-electron chi connectivity index (χ4n) is 2.90. The first-order valence-electron chi connectivity index (χ1n) is 8.83. The maximum atomic E-state index is 12.4. The standard InChI is InChI=1S/C20H19N3O4/c24-18(11-23-16-3-1-2-4-17(16)27-12-19(23)25)21-14-7-9-15(10-8-14)22-20(26)13-5-6-13/h1-4,7-10,13H,5-6,11-12H2,(H,21,24)(H,22,26). The van der Waals surface area contributed by atoms with E-state index >= 15 is 0 Å². The molecule has 1 fully saturated rings. The molecule has 7 nitrogen and oxygen atoms in total. The van der Waals surface area contributed by atoms with Crippen molar-refractivity contribution in [2.45, 2.75) is 12.8 Å². The Bertz CT molecular complexity index is 890. The van der Waals surface area contributed by atoms with Gasteiger partial charge in [-0.1, -0.05) is 12.1 Å². The number of carbonyl (C=O) groups excluding carboxylic acids is 3. The zero-order valence-electron chi connectivity index (χ0n) is 14.6. The van der Waals surface area contributed by atoms with Crippen LogP contribution < -0.4 is 20.3 Å². The van der Waals surface area contributed by atoms with Crippen LogP contribution in [0.2, 0.25) is 0 Å². The molecule has 1 saturated carbocycles. The first-order valence-corrected chi connectivity index (χ1v) is 8.83. The van der Waals surface area contributed by atoms with Crippen LogP contribution in [0.3, 0.4) is 0 Å². The summed E-state index contributed by atoms with van der Waals surface area (Å²) in [6, 6.07) is 14.0. The molecule has 1 aliphatic carbocycles. The molecule has 0 atom stereocenters. The molecule has 2 N–H and O–H groups in total. The predicted octanol–water partition coefficient (Wildman–Crippen LogP) is 2.40. The second kappa shape index (κ2) is 7.11. The molecule has 138 valence electrons. The lowest BCUT2D eigenvalue weighted by Gasteiger charge is -2.28. The monoisotopic (exact) mass is 365 g/mol. The summed E-state index contributed by atoms with van der Waals surface area (Å²) in [5, 5.41) is 5.62. The van der Waals surface area contributed by atoms with Crippen molar-refractivity contribution in [3.63, 3.8) is 0 Å². The zero-order chi connectivity index (χ0) is 18.8. The maximum absolute atomic E-state index is 12.4. The minimum absolute atomic E-state index is 0.0382. The van der Waals surface area contributed by atoms with Gasteiger partial charge in [0.1, 0.15) is 12.3 Å². The Morgan fingerprint density at radius 2 is 1.67 bits per heavy atom. The Morgan fingerprint density at radius 1 is 1.00 bits per heavy atom. The van der Waals surface area contributed by atoms with Gasteiger partial charge in [0.05, 0.1) is 5.69 Å². The second-order valence-electron chi connectivity index (χ2n) is 6.63. The van der Waals surface area contributed by atoms with Gasteiger partial charge in [-0.05, 0) is 49.2 Å². The largest absolute Gasteiger partial charge is 0.482 e. The van der Waals surface area contributed by atoms with E-state index in [9.17, 15) is 14.4 Å². The van der Waals surface area contributed by atoms with Crippen LogP contribution in [0.5, 0.6) is 5.75 Å². The van der Waals surface area contributed by atoms with E-state index in [0.717, 1.165) is 12.8 Å². The molecule has 0 aromatic heterocycles. The van der Waals surface area contributed by atoms with Crippen molar-refractivity contribution < 1.29 is 19.1 Å². The highest BCUT2D eigenvalue weighted by Crippen LogP contribution is 2.31. The van der Waals surface area contributed by atoms with Crippen LogP contribution in [0.4, 0.5) is 17.1 Å². The van der Waals surface area contributed by atoms with E-state index in [0.29, 0.717) is 22.8 Å². The van der Waals surface area contributed by atoms with E-state index in [1.807, 2.05) is 6.07 Å². The molecule has 1 aliphatic heterocycles. The van der Waals surface area contributed by atoms with Crippen molar-refractivity contribution in [1.82, 2.24) is 0 Å². The molecule has 7 heteroatoms. The molecule has 2 aliphatic rings. The van der Waals surface area contributed by atoms with Gasteiger partial charge in [0.15, 0.2) is 6.61 Å². The molecular weight excluding hydrogens is 346 g/mol.